The molecule has 0 aromatic heterocycles. The molecule has 0 amide bonds. The summed E-state index contributed by atoms with van der Waals surface area (Å²) in [6.07, 6.45) is 3.28. The van der Waals surface area contributed by atoms with Crippen molar-refractivity contribution in [3.05, 3.63) is 0 Å². The fraction of sp³-hybridized carbons (Fsp3) is 0.900. The molecule has 0 rings (SSSR count). The highest BCUT2D eigenvalue weighted by molar-refractivity contribution is 7.99. The van der Waals surface area contributed by atoms with Gasteiger partial charge in [-0.25, -0.2) is 0 Å². The molecule has 1 unspecified atom stereocenters. The predicted molar refractivity (Wildman–Crippen MR) is 56.7 cm³/mol. The van der Waals surface area contributed by atoms with E-state index in [0.29, 0.717) is 11.7 Å². The third-order valence-corrected chi connectivity index (χ3v) is 3.10. The first-order valence-corrected chi connectivity index (χ1v) is 5.96. The quantitative estimate of drug-likeness (QED) is 0.571. The normalized spacial score (nSPS) is 12.9. The minimum atomic E-state index is 0.322. The average molecular weight is 188 g/mol. The van der Waals surface area contributed by atoms with Crippen LogP contribution in [0.3, 0.4) is 0 Å². The number of Topliss-reactive ketones (excluding diaryl/α,β-unsaturated/α-hetero) is 1. The summed E-state index contributed by atoms with van der Waals surface area (Å²) in [5, 5.41) is 0. The van der Waals surface area contributed by atoms with Crippen LogP contribution < -0.4 is 0 Å². The summed E-state index contributed by atoms with van der Waals surface area (Å²) in [6.45, 7) is 5.98. The molecule has 0 aliphatic heterocycles. The lowest BCUT2D eigenvalue weighted by molar-refractivity contribution is -0.121. The van der Waals surface area contributed by atoms with E-state index in [1.54, 1.807) is 6.92 Å². The summed E-state index contributed by atoms with van der Waals surface area (Å²) in [4.78, 5) is 11.0. The zero-order chi connectivity index (χ0) is 9.40. The van der Waals surface area contributed by atoms with E-state index in [-0.39, 0.29) is 0 Å². The van der Waals surface area contributed by atoms with Gasteiger partial charge in [-0.2, -0.15) is 11.8 Å². The molecule has 0 aliphatic rings. The monoisotopic (exact) mass is 188 g/mol. The second kappa shape index (κ2) is 7.66. The minimum Gasteiger partial charge on any atom is -0.300 e. The Morgan fingerprint density at radius 2 is 2.08 bits per heavy atom. The Morgan fingerprint density at radius 3 is 2.50 bits per heavy atom. The van der Waals surface area contributed by atoms with Crippen LogP contribution in [0.15, 0.2) is 0 Å². The second-order valence-corrected chi connectivity index (χ2v) is 4.45. The Balaban J connectivity index is 3.38. The number of thioether (sulfide) groups is 1. The fourth-order valence-corrected chi connectivity index (χ4v) is 1.93. The van der Waals surface area contributed by atoms with Gasteiger partial charge in [-0.3, -0.25) is 4.79 Å². The molecule has 0 bridgehead atoms. The largest absolute Gasteiger partial charge is 0.300 e. The maximum atomic E-state index is 11.0. The molecule has 1 atom stereocenters. The van der Waals surface area contributed by atoms with Gasteiger partial charge in [-0.15, -0.1) is 0 Å². The topological polar surface area (TPSA) is 17.1 Å². The molecule has 0 aromatic rings. The van der Waals surface area contributed by atoms with Crippen LogP contribution in [-0.4, -0.2) is 17.3 Å². The third-order valence-electron chi connectivity index (χ3n) is 2.11. The first-order valence-electron chi connectivity index (χ1n) is 4.80. The lowest BCUT2D eigenvalue weighted by Crippen LogP contribution is -2.09. The lowest BCUT2D eigenvalue weighted by Gasteiger charge is -2.09. The van der Waals surface area contributed by atoms with E-state index in [9.17, 15) is 4.79 Å². The molecular weight excluding hydrogens is 168 g/mol. The SMILES string of the molecule is CCSCCCC(CC)C(C)=O. The molecular formula is C10H20OS. The van der Waals surface area contributed by atoms with Crippen molar-refractivity contribution >= 4 is 17.5 Å². The molecule has 0 saturated carbocycles. The Kier molecular flexibility index (Phi) is 7.67. The molecule has 0 fully saturated rings. The van der Waals surface area contributed by atoms with E-state index < -0.39 is 0 Å². The molecule has 0 saturated heterocycles. The summed E-state index contributed by atoms with van der Waals surface area (Å²) in [5.41, 5.74) is 0. The van der Waals surface area contributed by atoms with Crippen LogP contribution in [0, 0.1) is 5.92 Å². The van der Waals surface area contributed by atoms with Gasteiger partial charge in [0.1, 0.15) is 5.78 Å². The van der Waals surface area contributed by atoms with Crippen LogP contribution in [0.5, 0.6) is 0 Å². The van der Waals surface area contributed by atoms with Gasteiger partial charge < -0.3 is 0 Å². The highest BCUT2D eigenvalue weighted by Gasteiger charge is 2.10. The van der Waals surface area contributed by atoms with Crippen molar-refractivity contribution in [3.63, 3.8) is 0 Å². The second-order valence-electron chi connectivity index (χ2n) is 3.05. The molecule has 72 valence electrons. The van der Waals surface area contributed by atoms with Gasteiger partial charge in [0, 0.05) is 5.92 Å². The maximum absolute atomic E-state index is 11.0. The van der Waals surface area contributed by atoms with Gasteiger partial charge in [0.15, 0.2) is 0 Å². The average Bonchev–Trinajstić information content (AvgIpc) is 2.04. The van der Waals surface area contributed by atoms with E-state index in [4.69, 9.17) is 0 Å². The van der Waals surface area contributed by atoms with Crippen LogP contribution in [-0.2, 0) is 4.79 Å². The molecule has 1 nitrogen and oxygen atoms in total. The standard InChI is InChI=1S/C10H20OS/c1-4-10(9(3)11)7-6-8-12-5-2/h10H,4-8H2,1-3H3. The van der Waals surface area contributed by atoms with Crippen LogP contribution in [0.2, 0.25) is 0 Å². The van der Waals surface area contributed by atoms with Gasteiger partial charge in [-0.05, 0) is 37.7 Å². The number of hydrogen-bond donors (Lipinski definition) is 0. The van der Waals surface area contributed by atoms with Crippen LogP contribution in [0.4, 0.5) is 0 Å². The van der Waals surface area contributed by atoms with Crippen molar-refractivity contribution in [1.29, 1.82) is 0 Å². The molecule has 0 aromatic carbocycles. The third kappa shape index (κ3) is 5.64. The van der Waals surface area contributed by atoms with Crippen molar-refractivity contribution in [2.24, 2.45) is 5.92 Å². The van der Waals surface area contributed by atoms with Gasteiger partial charge >= 0.3 is 0 Å². The number of rotatable bonds is 7. The number of ketones is 1. The minimum absolute atomic E-state index is 0.322. The summed E-state index contributed by atoms with van der Waals surface area (Å²) in [6, 6.07) is 0. The number of carbonyl (C=O) groups is 1. The smallest absolute Gasteiger partial charge is 0.132 e. The van der Waals surface area contributed by atoms with E-state index >= 15 is 0 Å². The van der Waals surface area contributed by atoms with Crippen molar-refractivity contribution in [2.45, 2.75) is 40.0 Å². The van der Waals surface area contributed by atoms with E-state index in [0.717, 1.165) is 12.8 Å². The summed E-state index contributed by atoms with van der Waals surface area (Å²) >= 11 is 1.96. The summed E-state index contributed by atoms with van der Waals surface area (Å²) in [5.74, 6) is 3.08. The zero-order valence-corrected chi connectivity index (χ0v) is 9.25. The Bertz CT molecular complexity index is 123. The highest BCUT2D eigenvalue weighted by atomic mass is 32.2. The maximum Gasteiger partial charge on any atom is 0.132 e. The predicted octanol–water partition coefficient (Wildman–Crippen LogP) is 3.13. The molecule has 2 heteroatoms. The van der Waals surface area contributed by atoms with Gasteiger partial charge in [0.25, 0.3) is 0 Å². The molecule has 0 N–H and O–H groups in total. The van der Waals surface area contributed by atoms with E-state index in [2.05, 4.69) is 13.8 Å². The first-order chi connectivity index (χ1) is 5.72. The fourth-order valence-electron chi connectivity index (χ4n) is 1.27. The van der Waals surface area contributed by atoms with E-state index in [1.807, 2.05) is 11.8 Å². The van der Waals surface area contributed by atoms with Crippen molar-refractivity contribution in [3.8, 4) is 0 Å². The Labute approximate surface area is 80.3 Å². The molecule has 0 aliphatic carbocycles. The molecule has 12 heavy (non-hydrogen) atoms. The lowest BCUT2D eigenvalue weighted by atomic mass is 9.97. The van der Waals surface area contributed by atoms with E-state index in [1.165, 1.54) is 17.9 Å². The first kappa shape index (κ1) is 12.0. The summed E-state index contributed by atoms with van der Waals surface area (Å²) in [7, 11) is 0. The number of carbonyl (C=O) groups excluding carboxylic acids is 1. The van der Waals surface area contributed by atoms with Crippen LogP contribution >= 0.6 is 11.8 Å². The van der Waals surface area contributed by atoms with Crippen LogP contribution in [0.25, 0.3) is 0 Å². The van der Waals surface area contributed by atoms with Gasteiger partial charge in [0.05, 0.1) is 0 Å². The highest BCUT2D eigenvalue weighted by Crippen LogP contribution is 2.14. The van der Waals surface area contributed by atoms with Crippen molar-refractivity contribution in [1.82, 2.24) is 0 Å². The van der Waals surface area contributed by atoms with Crippen LogP contribution in [0.1, 0.15) is 40.0 Å². The molecule has 0 spiro atoms. The summed E-state index contributed by atoms with van der Waals surface area (Å²) < 4.78 is 0. The molecule has 0 heterocycles. The van der Waals surface area contributed by atoms with Gasteiger partial charge in [0.2, 0.25) is 0 Å². The zero-order valence-electron chi connectivity index (χ0n) is 8.43. The Morgan fingerprint density at radius 1 is 1.42 bits per heavy atom. The molecule has 0 radical (unpaired) electrons. The number of hydrogen-bond acceptors (Lipinski definition) is 2. The van der Waals surface area contributed by atoms with Gasteiger partial charge in [-0.1, -0.05) is 13.8 Å². The van der Waals surface area contributed by atoms with Crippen molar-refractivity contribution < 1.29 is 4.79 Å². The van der Waals surface area contributed by atoms with Crippen molar-refractivity contribution in [2.75, 3.05) is 11.5 Å². The Hall–Kier alpha value is 0.0200.